The van der Waals surface area contributed by atoms with Gasteiger partial charge in [-0.3, -0.25) is 33.6 Å². The molecule has 0 saturated heterocycles. The fourth-order valence-corrected chi connectivity index (χ4v) is 2.06. The Bertz CT molecular complexity index is 719. The first-order valence-electron chi connectivity index (χ1n) is 10.7. The number of rotatable bonds is 20. The minimum Gasteiger partial charge on any atom is -0.377 e. The molecule has 0 heterocycles. The zero-order chi connectivity index (χ0) is 26.3. The molecule has 0 aliphatic rings. The van der Waals surface area contributed by atoms with Crippen LogP contribution in [-0.4, -0.2) is 114 Å². The largest absolute Gasteiger partial charge is 0.377 e. The molecule has 16 heteroatoms. The number of carbonyl (C=O) groups is 7. The summed E-state index contributed by atoms with van der Waals surface area (Å²) in [7, 11) is 0. The summed E-state index contributed by atoms with van der Waals surface area (Å²) in [4.78, 5) is 78.9. The lowest BCUT2D eigenvalue weighted by Crippen LogP contribution is -2.46. The molecule has 0 radical (unpaired) electrons. The van der Waals surface area contributed by atoms with Crippen molar-refractivity contribution in [2.75, 3.05) is 72.2 Å². The minimum atomic E-state index is -0.654. The Hall–Kier alpha value is -3.79. The first-order valence-corrected chi connectivity index (χ1v) is 10.7. The molecular weight excluding hydrogens is 470 g/mol. The van der Waals surface area contributed by atoms with Gasteiger partial charge in [-0.15, -0.1) is 0 Å². The van der Waals surface area contributed by atoms with Crippen LogP contribution in [-0.2, 0) is 43.0 Å². The lowest BCUT2D eigenvalue weighted by Gasteiger charge is -2.09. The maximum absolute atomic E-state index is 11.7. The zero-order valence-corrected chi connectivity index (χ0v) is 19.5. The van der Waals surface area contributed by atoms with Crippen LogP contribution in [0.2, 0.25) is 0 Å². The second-order valence-corrected chi connectivity index (χ2v) is 6.57. The van der Waals surface area contributed by atoms with Crippen molar-refractivity contribution in [2.45, 2.75) is 6.92 Å². The van der Waals surface area contributed by atoms with Gasteiger partial charge in [-0.2, -0.15) is 0 Å². The van der Waals surface area contributed by atoms with Gasteiger partial charge in [0.15, 0.2) is 0 Å². The summed E-state index contributed by atoms with van der Waals surface area (Å²) in [6.45, 7) is 1.37. The lowest BCUT2D eigenvalue weighted by atomic mass is 10.4. The van der Waals surface area contributed by atoms with Gasteiger partial charge in [0.2, 0.25) is 41.9 Å². The Labute approximate surface area is 202 Å². The third-order valence-electron chi connectivity index (χ3n) is 3.68. The van der Waals surface area contributed by atoms with E-state index in [4.69, 9.17) is 9.47 Å². The van der Waals surface area contributed by atoms with Crippen molar-refractivity contribution in [1.82, 2.24) is 37.2 Å². The smallest absolute Gasteiger partial charge is 0.245 e. The standard InChI is InChI=1S/C19H33N7O9/c1-2-21-19(33)12-35-6-5-34-4-3-22-15(29)8-24-17(31)10-26-18(32)11-25-16(30)9-23-14(28)7-20-13-27/h13H,2-12H2,1H3,(H,20,27)(H,21,33)(H,22,29)(H,23,28)(H,24,31)(H,25,30)(H,26,32). The summed E-state index contributed by atoms with van der Waals surface area (Å²) < 4.78 is 10.3. The van der Waals surface area contributed by atoms with Crippen molar-refractivity contribution in [3.05, 3.63) is 0 Å². The van der Waals surface area contributed by atoms with Gasteiger partial charge in [0.05, 0.1) is 52.5 Å². The van der Waals surface area contributed by atoms with E-state index in [1.54, 1.807) is 6.92 Å². The van der Waals surface area contributed by atoms with E-state index in [0.717, 1.165) is 0 Å². The SMILES string of the molecule is CCNC(=O)COCCOCCNC(=O)CNC(=O)CNC(=O)CNC(=O)CNC(=O)CNC=O. The van der Waals surface area contributed by atoms with Gasteiger partial charge in [-0.05, 0) is 6.92 Å². The van der Waals surface area contributed by atoms with Gasteiger partial charge in [-0.25, -0.2) is 0 Å². The predicted molar refractivity (Wildman–Crippen MR) is 119 cm³/mol. The first-order chi connectivity index (χ1) is 16.8. The van der Waals surface area contributed by atoms with Crippen LogP contribution in [0.4, 0.5) is 0 Å². The molecule has 0 unspecified atom stereocenters. The Morgan fingerprint density at radius 1 is 0.571 bits per heavy atom. The lowest BCUT2D eigenvalue weighted by molar-refractivity contribution is -0.129. The molecule has 0 aromatic heterocycles. The Kier molecular flexibility index (Phi) is 18.5. The summed E-state index contributed by atoms with van der Waals surface area (Å²) in [5.74, 6) is -3.16. The number of hydrogen-bond acceptors (Lipinski definition) is 9. The van der Waals surface area contributed by atoms with Gasteiger partial charge in [-0.1, -0.05) is 0 Å². The van der Waals surface area contributed by atoms with E-state index in [0.29, 0.717) is 13.0 Å². The van der Waals surface area contributed by atoms with Crippen LogP contribution in [0.5, 0.6) is 0 Å². The molecule has 16 nitrogen and oxygen atoms in total. The highest BCUT2D eigenvalue weighted by Gasteiger charge is 2.10. The molecule has 35 heavy (non-hydrogen) atoms. The van der Waals surface area contributed by atoms with E-state index in [1.165, 1.54) is 0 Å². The van der Waals surface area contributed by atoms with Crippen molar-refractivity contribution in [3.63, 3.8) is 0 Å². The van der Waals surface area contributed by atoms with Crippen LogP contribution in [0.15, 0.2) is 0 Å². The van der Waals surface area contributed by atoms with Crippen molar-refractivity contribution >= 4 is 41.9 Å². The maximum atomic E-state index is 11.7. The number of hydrogen-bond donors (Lipinski definition) is 7. The van der Waals surface area contributed by atoms with Crippen LogP contribution < -0.4 is 37.2 Å². The van der Waals surface area contributed by atoms with Crippen molar-refractivity contribution in [1.29, 1.82) is 0 Å². The second kappa shape index (κ2) is 20.8. The normalized spacial score (nSPS) is 9.86. The number of likely N-dealkylation sites (N-methyl/N-ethyl adjacent to an activating group) is 1. The molecule has 0 aliphatic heterocycles. The van der Waals surface area contributed by atoms with Gasteiger partial charge in [0.25, 0.3) is 0 Å². The molecule has 0 aromatic rings. The topological polar surface area (TPSA) is 222 Å². The van der Waals surface area contributed by atoms with Crippen molar-refractivity contribution in [3.8, 4) is 0 Å². The van der Waals surface area contributed by atoms with E-state index in [1.807, 2.05) is 0 Å². The van der Waals surface area contributed by atoms with Crippen LogP contribution >= 0.6 is 0 Å². The zero-order valence-electron chi connectivity index (χ0n) is 19.5. The molecule has 7 amide bonds. The van der Waals surface area contributed by atoms with Crippen molar-refractivity contribution in [2.24, 2.45) is 0 Å². The highest BCUT2D eigenvalue weighted by Crippen LogP contribution is 1.79. The summed E-state index contributed by atoms with van der Waals surface area (Å²) >= 11 is 0. The highest BCUT2D eigenvalue weighted by atomic mass is 16.5. The number of nitrogens with one attached hydrogen (secondary N) is 7. The average Bonchev–Trinajstić information content (AvgIpc) is 2.83. The highest BCUT2D eigenvalue weighted by molar-refractivity contribution is 5.91. The van der Waals surface area contributed by atoms with E-state index >= 15 is 0 Å². The molecule has 0 fully saturated rings. The van der Waals surface area contributed by atoms with Crippen LogP contribution in [0.3, 0.4) is 0 Å². The minimum absolute atomic E-state index is 0.0509. The van der Waals surface area contributed by atoms with E-state index in [2.05, 4.69) is 37.2 Å². The molecule has 198 valence electrons. The molecular formula is C19H33N7O9. The van der Waals surface area contributed by atoms with E-state index < -0.39 is 49.2 Å². The fourth-order valence-electron chi connectivity index (χ4n) is 2.06. The van der Waals surface area contributed by atoms with Gasteiger partial charge >= 0.3 is 0 Å². The number of ether oxygens (including phenoxy) is 2. The monoisotopic (exact) mass is 503 g/mol. The number of amides is 7. The average molecular weight is 504 g/mol. The summed E-state index contributed by atoms with van der Waals surface area (Å²) in [6.07, 6.45) is 0.335. The van der Waals surface area contributed by atoms with Gasteiger partial charge in [0.1, 0.15) is 6.61 Å². The third-order valence-corrected chi connectivity index (χ3v) is 3.68. The molecule has 0 saturated carbocycles. The van der Waals surface area contributed by atoms with E-state index in [9.17, 15) is 33.6 Å². The summed E-state index contributed by atoms with van der Waals surface area (Å²) in [5.41, 5.74) is 0. The van der Waals surface area contributed by atoms with Crippen LogP contribution in [0.1, 0.15) is 6.92 Å². The van der Waals surface area contributed by atoms with Crippen molar-refractivity contribution < 1.29 is 43.0 Å². The van der Waals surface area contributed by atoms with Gasteiger partial charge in [0, 0.05) is 13.1 Å². The summed E-state index contributed by atoms with van der Waals surface area (Å²) in [6, 6.07) is 0. The number of carbonyl (C=O) groups excluding carboxylic acids is 7. The first kappa shape index (κ1) is 31.2. The Morgan fingerprint density at radius 2 is 1.03 bits per heavy atom. The fraction of sp³-hybridized carbons (Fsp3) is 0.632. The quantitative estimate of drug-likeness (QED) is 0.0621. The molecule has 0 aromatic carbocycles. The molecule has 0 spiro atoms. The molecule has 0 aliphatic carbocycles. The molecule has 0 atom stereocenters. The van der Waals surface area contributed by atoms with Gasteiger partial charge < -0.3 is 46.7 Å². The molecule has 0 bridgehead atoms. The molecule has 7 N–H and O–H groups in total. The van der Waals surface area contributed by atoms with Crippen LogP contribution in [0, 0.1) is 0 Å². The Balaban J connectivity index is 3.69. The van der Waals surface area contributed by atoms with E-state index in [-0.39, 0.29) is 52.0 Å². The maximum Gasteiger partial charge on any atom is 0.245 e. The summed E-state index contributed by atoms with van der Waals surface area (Å²) in [5, 5.41) is 16.3. The second-order valence-electron chi connectivity index (χ2n) is 6.57. The predicted octanol–water partition coefficient (Wildman–Crippen LogP) is -5.52. The Morgan fingerprint density at radius 3 is 1.51 bits per heavy atom. The molecule has 0 rings (SSSR count). The third kappa shape index (κ3) is 20.5. The van der Waals surface area contributed by atoms with Crippen LogP contribution in [0.25, 0.3) is 0 Å².